The first-order valence-corrected chi connectivity index (χ1v) is 11.4. The van der Waals surface area contributed by atoms with Crippen LogP contribution < -0.4 is 0 Å². The lowest BCUT2D eigenvalue weighted by atomic mass is 9.89. The molecule has 2 aromatic carbocycles. The number of piperidine rings is 1. The van der Waals surface area contributed by atoms with Gasteiger partial charge in [-0.3, -0.25) is 14.7 Å². The number of hydrogen-bond acceptors (Lipinski definition) is 3. The van der Waals surface area contributed by atoms with Crippen LogP contribution in [0.25, 0.3) is 10.9 Å². The third kappa shape index (κ3) is 4.11. The predicted octanol–water partition coefficient (Wildman–Crippen LogP) is 5.13. The van der Waals surface area contributed by atoms with Gasteiger partial charge < -0.3 is 4.90 Å². The third-order valence-electron chi connectivity index (χ3n) is 6.78. The van der Waals surface area contributed by atoms with E-state index in [1.54, 1.807) is 12.1 Å². The molecule has 3 heterocycles. The van der Waals surface area contributed by atoms with Crippen molar-refractivity contribution in [1.82, 2.24) is 14.8 Å². The van der Waals surface area contributed by atoms with E-state index in [0.29, 0.717) is 12.1 Å². The Balaban J connectivity index is 1.38. The molecule has 0 radical (unpaired) electrons. The minimum absolute atomic E-state index is 0.0833. The number of fused-ring (bicyclic) bond motifs is 1. The summed E-state index contributed by atoms with van der Waals surface area (Å²) >= 11 is 0. The zero-order valence-electron chi connectivity index (χ0n) is 18.1. The summed E-state index contributed by atoms with van der Waals surface area (Å²) in [5.74, 6) is -1.30. The molecule has 6 heteroatoms. The molecule has 0 spiro atoms. The third-order valence-corrected chi connectivity index (χ3v) is 6.78. The van der Waals surface area contributed by atoms with Crippen molar-refractivity contribution in [3.63, 3.8) is 0 Å². The number of para-hydroxylation sites is 1. The minimum atomic E-state index is -0.803. The van der Waals surface area contributed by atoms with Crippen molar-refractivity contribution in [3.05, 3.63) is 77.0 Å². The van der Waals surface area contributed by atoms with Crippen molar-refractivity contribution in [3.8, 4) is 0 Å². The Bertz CT molecular complexity index is 1140. The molecule has 4 nitrogen and oxygen atoms in total. The van der Waals surface area contributed by atoms with Gasteiger partial charge >= 0.3 is 0 Å². The van der Waals surface area contributed by atoms with Gasteiger partial charge in [0.2, 0.25) is 0 Å². The van der Waals surface area contributed by atoms with Gasteiger partial charge in [0.25, 0.3) is 5.91 Å². The van der Waals surface area contributed by atoms with Gasteiger partial charge in [-0.05, 0) is 57.0 Å². The van der Waals surface area contributed by atoms with Gasteiger partial charge in [0, 0.05) is 36.5 Å². The lowest BCUT2D eigenvalue weighted by molar-refractivity contribution is 0.0789. The molecule has 32 heavy (non-hydrogen) atoms. The summed E-state index contributed by atoms with van der Waals surface area (Å²) < 4.78 is 27.6. The van der Waals surface area contributed by atoms with Gasteiger partial charge in [-0.1, -0.05) is 30.3 Å². The number of rotatable bonds is 4. The van der Waals surface area contributed by atoms with E-state index in [-0.39, 0.29) is 11.8 Å². The summed E-state index contributed by atoms with van der Waals surface area (Å²) in [5, 5.41) is 0.984. The quantitative estimate of drug-likeness (QED) is 0.570. The molecule has 0 N–H and O–H groups in total. The van der Waals surface area contributed by atoms with Gasteiger partial charge in [-0.25, -0.2) is 8.78 Å². The van der Waals surface area contributed by atoms with Gasteiger partial charge in [0.1, 0.15) is 0 Å². The fraction of sp³-hybridized carbons (Fsp3) is 0.385. The number of amides is 1. The highest BCUT2D eigenvalue weighted by Crippen LogP contribution is 2.33. The molecule has 1 aromatic heterocycles. The maximum atomic E-state index is 14.1. The molecule has 5 rings (SSSR count). The second-order valence-electron chi connectivity index (χ2n) is 8.88. The van der Waals surface area contributed by atoms with Crippen LogP contribution >= 0.6 is 0 Å². The number of carbonyl (C=O) groups is 1. The standard InChI is InChI=1S/C26H27F2N3O/c27-22-8-5-7-20(24(22)28)17-30-14-10-18(11-15-30)25-21(26(32)31-12-3-4-13-31)16-19-6-1-2-9-23(19)29-25/h1-2,5-9,16,18H,3-4,10-15,17H2. The Morgan fingerprint density at radius 2 is 1.72 bits per heavy atom. The summed E-state index contributed by atoms with van der Waals surface area (Å²) in [4.78, 5) is 22.4. The molecule has 0 bridgehead atoms. The van der Waals surface area contributed by atoms with Crippen LogP contribution in [0.1, 0.15) is 53.2 Å². The highest BCUT2D eigenvalue weighted by Gasteiger charge is 2.29. The number of likely N-dealkylation sites (tertiary alicyclic amines) is 2. The summed E-state index contributed by atoms with van der Waals surface area (Å²) in [5.41, 5.74) is 2.90. The summed E-state index contributed by atoms with van der Waals surface area (Å²) in [6.45, 7) is 3.52. The van der Waals surface area contributed by atoms with Crippen molar-refractivity contribution >= 4 is 16.8 Å². The molecule has 2 saturated heterocycles. The van der Waals surface area contributed by atoms with Gasteiger partial charge in [-0.2, -0.15) is 0 Å². The Kier molecular flexibility index (Phi) is 5.87. The zero-order valence-corrected chi connectivity index (χ0v) is 18.1. The predicted molar refractivity (Wildman–Crippen MR) is 120 cm³/mol. The molecule has 166 valence electrons. The maximum absolute atomic E-state index is 14.1. The average Bonchev–Trinajstić information content (AvgIpc) is 3.36. The fourth-order valence-corrected chi connectivity index (χ4v) is 4.98. The fourth-order valence-electron chi connectivity index (χ4n) is 4.98. The lowest BCUT2D eigenvalue weighted by Crippen LogP contribution is -2.34. The molecule has 0 atom stereocenters. The van der Waals surface area contributed by atoms with E-state index >= 15 is 0 Å². The van der Waals surface area contributed by atoms with E-state index in [9.17, 15) is 13.6 Å². The first-order valence-electron chi connectivity index (χ1n) is 11.4. The zero-order chi connectivity index (χ0) is 22.1. The van der Waals surface area contributed by atoms with Crippen molar-refractivity contribution in [2.24, 2.45) is 0 Å². The van der Waals surface area contributed by atoms with E-state index < -0.39 is 11.6 Å². The molecule has 0 aliphatic carbocycles. The van der Waals surface area contributed by atoms with Crippen LogP contribution in [0.15, 0.2) is 48.5 Å². The second-order valence-corrected chi connectivity index (χ2v) is 8.88. The molecule has 3 aromatic rings. The van der Waals surface area contributed by atoms with Crippen LogP contribution in [0.3, 0.4) is 0 Å². The van der Waals surface area contributed by atoms with E-state index in [1.807, 2.05) is 35.2 Å². The van der Waals surface area contributed by atoms with E-state index in [0.717, 1.165) is 80.1 Å². The maximum Gasteiger partial charge on any atom is 0.255 e. The highest BCUT2D eigenvalue weighted by molar-refractivity contribution is 5.99. The molecule has 1 amide bonds. The van der Waals surface area contributed by atoms with Crippen LogP contribution in [0.2, 0.25) is 0 Å². The number of halogens is 2. The smallest absolute Gasteiger partial charge is 0.255 e. The lowest BCUT2D eigenvalue weighted by Gasteiger charge is -2.33. The van der Waals surface area contributed by atoms with Crippen LogP contribution in [0.5, 0.6) is 0 Å². The van der Waals surface area contributed by atoms with Crippen molar-refractivity contribution in [1.29, 1.82) is 0 Å². The molecule has 0 unspecified atom stereocenters. The van der Waals surface area contributed by atoms with Crippen LogP contribution in [0.4, 0.5) is 8.78 Å². The SMILES string of the molecule is O=C(c1cc2ccccc2nc1C1CCN(Cc2cccc(F)c2F)CC1)N1CCCC1. The van der Waals surface area contributed by atoms with Gasteiger partial charge in [0.15, 0.2) is 11.6 Å². The minimum Gasteiger partial charge on any atom is -0.339 e. The van der Waals surface area contributed by atoms with Crippen LogP contribution in [-0.2, 0) is 6.54 Å². The topological polar surface area (TPSA) is 36.4 Å². The Morgan fingerprint density at radius 1 is 0.969 bits per heavy atom. The van der Waals surface area contributed by atoms with Crippen LogP contribution in [0, 0.1) is 11.6 Å². The molecule has 2 fully saturated rings. The van der Waals surface area contributed by atoms with Gasteiger partial charge in [0.05, 0.1) is 16.8 Å². The number of benzene rings is 2. The summed E-state index contributed by atoms with van der Waals surface area (Å²) in [6.07, 6.45) is 3.78. The van der Waals surface area contributed by atoms with Crippen LogP contribution in [-0.4, -0.2) is 46.9 Å². The first kappa shape index (κ1) is 21.0. The molecule has 0 saturated carbocycles. The normalized spacial score (nSPS) is 17.9. The average molecular weight is 436 g/mol. The van der Waals surface area contributed by atoms with E-state index in [2.05, 4.69) is 4.90 Å². The van der Waals surface area contributed by atoms with E-state index in [1.165, 1.54) is 0 Å². The number of hydrogen-bond donors (Lipinski definition) is 0. The van der Waals surface area contributed by atoms with Crippen molar-refractivity contribution in [2.45, 2.75) is 38.1 Å². The van der Waals surface area contributed by atoms with Crippen molar-refractivity contribution < 1.29 is 13.6 Å². The molecular formula is C26H27F2N3O. The van der Waals surface area contributed by atoms with Crippen molar-refractivity contribution in [2.75, 3.05) is 26.2 Å². The van der Waals surface area contributed by atoms with Gasteiger partial charge in [-0.15, -0.1) is 0 Å². The Morgan fingerprint density at radius 3 is 2.50 bits per heavy atom. The summed E-state index contributed by atoms with van der Waals surface area (Å²) in [7, 11) is 0. The second kappa shape index (κ2) is 8.94. The Labute approximate surface area is 186 Å². The number of pyridine rings is 1. The van der Waals surface area contributed by atoms with E-state index in [4.69, 9.17) is 4.98 Å². The highest BCUT2D eigenvalue weighted by atomic mass is 19.2. The summed E-state index contributed by atoms with van der Waals surface area (Å²) in [6, 6.07) is 14.3. The largest absolute Gasteiger partial charge is 0.339 e. The first-order chi connectivity index (χ1) is 15.6. The number of carbonyl (C=O) groups excluding carboxylic acids is 1. The monoisotopic (exact) mass is 435 g/mol. The number of aromatic nitrogens is 1. The molecule has 2 aliphatic heterocycles. The Hall–Kier alpha value is -2.86. The molecule has 2 aliphatic rings. The number of nitrogens with zero attached hydrogens (tertiary/aromatic N) is 3. The molecular weight excluding hydrogens is 408 g/mol.